The summed E-state index contributed by atoms with van der Waals surface area (Å²) in [5, 5.41) is 13.7. The minimum Gasteiger partial charge on any atom is -0.360 e. The van der Waals surface area contributed by atoms with E-state index in [0.29, 0.717) is 16.1 Å². The number of benzene rings is 1. The Hall–Kier alpha value is -1.54. The van der Waals surface area contributed by atoms with Gasteiger partial charge in [-0.15, -0.1) is 10.2 Å². The van der Waals surface area contributed by atoms with Crippen LogP contribution in [-0.2, 0) is 0 Å². The fourth-order valence-corrected chi connectivity index (χ4v) is 2.34. The largest absolute Gasteiger partial charge is 0.360 e. The summed E-state index contributed by atoms with van der Waals surface area (Å²) in [6.07, 6.45) is 0. The Morgan fingerprint density at radius 2 is 2.26 bits per heavy atom. The van der Waals surface area contributed by atoms with Crippen LogP contribution in [0.25, 0.3) is 0 Å². The Morgan fingerprint density at radius 3 is 2.95 bits per heavy atom. The van der Waals surface area contributed by atoms with Gasteiger partial charge < -0.3 is 10.6 Å². The molecule has 0 unspecified atom stereocenters. The van der Waals surface area contributed by atoms with Crippen LogP contribution >= 0.6 is 27.3 Å². The van der Waals surface area contributed by atoms with E-state index in [4.69, 9.17) is 0 Å². The minimum atomic E-state index is -0.515. The molecule has 100 valence electrons. The van der Waals surface area contributed by atoms with Crippen molar-refractivity contribution in [3.8, 4) is 0 Å². The number of hydrogen-bond donors (Lipinski definition) is 2. The van der Waals surface area contributed by atoms with Crippen LogP contribution in [-0.4, -0.2) is 22.6 Å². The fraction of sp³-hybridized carbons (Fsp3) is 0.182. The summed E-state index contributed by atoms with van der Waals surface area (Å²) in [5.41, 5.74) is 0.105. The number of halogens is 2. The number of amides is 1. The lowest BCUT2D eigenvalue weighted by Crippen LogP contribution is -2.12. The zero-order valence-corrected chi connectivity index (χ0v) is 12.3. The smallest absolute Gasteiger partial charge is 0.286 e. The number of nitrogens with one attached hydrogen (secondary N) is 2. The highest BCUT2D eigenvalue weighted by Gasteiger charge is 2.14. The summed E-state index contributed by atoms with van der Waals surface area (Å²) in [5.74, 6) is -0.998. The average Bonchev–Trinajstić information content (AvgIpc) is 2.82. The number of nitrogens with zero attached hydrogens (tertiary/aromatic N) is 2. The monoisotopic (exact) mass is 344 g/mol. The van der Waals surface area contributed by atoms with Crippen LogP contribution in [0.1, 0.15) is 16.7 Å². The first-order valence-corrected chi connectivity index (χ1v) is 7.05. The topological polar surface area (TPSA) is 66.9 Å². The van der Waals surface area contributed by atoms with Crippen molar-refractivity contribution in [3.63, 3.8) is 0 Å². The summed E-state index contributed by atoms with van der Waals surface area (Å²) in [4.78, 5) is 11.9. The Labute approximate surface area is 121 Å². The second kappa shape index (κ2) is 6.07. The van der Waals surface area contributed by atoms with E-state index in [1.165, 1.54) is 12.1 Å². The van der Waals surface area contributed by atoms with Crippen LogP contribution in [0.15, 0.2) is 22.7 Å². The van der Waals surface area contributed by atoms with Crippen molar-refractivity contribution in [2.75, 3.05) is 17.2 Å². The van der Waals surface area contributed by atoms with E-state index in [-0.39, 0.29) is 10.7 Å². The molecule has 1 aromatic carbocycles. The van der Waals surface area contributed by atoms with Gasteiger partial charge >= 0.3 is 0 Å². The first-order valence-electron chi connectivity index (χ1n) is 5.44. The maximum Gasteiger partial charge on any atom is 0.286 e. The number of anilines is 2. The number of aromatic nitrogens is 2. The highest BCUT2D eigenvalue weighted by molar-refractivity contribution is 9.10. The van der Waals surface area contributed by atoms with Gasteiger partial charge in [0.25, 0.3) is 5.91 Å². The number of rotatable bonds is 4. The molecule has 8 heteroatoms. The van der Waals surface area contributed by atoms with Gasteiger partial charge in [0, 0.05) is 11.0 Å². The second-order valence-electron chi connectivity index (χ2n) is 3.52. The summed E-state index contributed by atoms with van der Waals surface area (Å²) in [6, 6.07) is 4.40. The summed E-state index contributed by atoms with van der Waals surface area (Å²) < 4.78 is 14.2. The van der Waals surface area contributed by atoms with Gasteiger partial charge in [-0.05, 0) is 25.1 Å². The molecule has 0 atom stereocenters. The molecule has 1 amide bonds. The molecule has 1 aromatic heterocycles. The van der Waals surface area contributed by atoms with Gasteiger partial charge in [0.1, 0.15) is 5.82 Å². The molecule has 0 saturated carbocycles. The molecule has 2 N–H and O–H groups in total. The number of hydrogen-bond acceptors (Lipinski definition) is 5. The van der Waals surface area contributed by atoms with Gasteiger partial charge in [0.05, 0.1) is 5.69 Å². The standard InChI is InChI=1S/C11H10BrFN4OS/c1-2-14-11-17-16-10(19-11)9(18)15-8-4-3-6(12)5-7(8)13/h3-5H,2H2,1H3,(H,14,17)(H,15,18). The Morgan fingerprint density at radius 1 is 1.47 bits per heavy atom. The Kier molecular flexibility index (Phi) is 4.43. The van der Waals surface area contributed by atoms with Crippen molar-refractivity contribution < 1.29 is 9.18 Å². The third kappa shape index (κ3) is 3.48. The zero-order valence-electron chi connectivity index (χ0n) is 9.91. The second-order valence-corrected chi connectivity index (χ2v) is 5.41. The van der Waals surface area contributed by atoms with Gasteiger partial charge in [-0.25, -0.2) is 4.39 Å². The summed E-state index contributed by atoms with van der Waals surface area (Å²) in [6.45, 7) is 2.61. The number of carbonyl (C=O) groups is 1. The third-order valence-corrected chi connectivity index (χ3v) is 3.50. The maximum atomic E-state index is 13.6. The van der Waals surface area contributed by atoms with Crippen LogP contribution in [0, 0.1) is 5.82 Å². The van der Waals surface area contributed by atoms with E-state index in [1.807, 2.05) is 6.92 Å². The minimum absolute atomic E-state index is 0.105. The summed E-state index contributed by atoms with van der Waals surface area (Å²) >= 11 is 4.26. The molecule has 0 aliphatic carbocycles. The highest BCUT2D eigenvalue weighted by atomic mass is 79.9. The highest BCUT2D eigenvalue weighted by Crippen LogP contribution is 2.21. The van der Waals surface area contributed by atoms with Crippen LogP contribution in [0.4, 0.5) is 15.2 Å². The van der Waals surface area contributed by atoms with Crippen LogP contribution in [0.5, 0.6) is 0 Å². The molecule has 5 nitrogen and oxygen atoms in total. The molecule has 19 heavy (non-hydrogen) atoms. The van der Waals surface area contributed by atoms with Crippen molar-refractivity contribution in [1.29, 1.82) is 0 Å². The van der Waals surface area contributed by atoms with Crippen molar-refractivity contribution in [1.82, 2.24) is 10.2 Å². The molecule has 0 spiro atoms. The molecule has 1 heterocycles. The van der Waals surface area contributed by atoms with Gasteiger partial charge in [-0.1, -0.05) is 27.3 Å². The van der Waals surface area contributed by atoms with E-state index in [1.54, 1.807) is 6.07 Å². The molecule has 2 rings (SSSR count). The number of carbonyl (C=O) groups excluding carboxylic acids is 1. The molecular formula is C11H10BrFN4OS. The lowest BCUT2D eigenvalue weighted by molar-refractivity contribution is 0.102. The molecule has 0 fully saturated rings. The van der Waals surface area contributed by atoms with Crippen molar-refractivity contribution in [3.05, 3.63) is 33.5 Å². The van der Waals surface area contributed by atoms with Crippen LogP contribution < -0.4 is 10.6 Å². The van der Waals surface area contributed by atoms with Crippen molar-refractivity contribution >= 4 is 44.0 Å². The Balaban J connectivity index is 2.11. The van der Waals surface area contributed by atoms with Gasteiger partial charge in [0.15, 0.2) is 0 Å². The molecular weight excluding hydrogens is 335 g/mol. The van der Waals surface area contributed by atoms with Crippen molar-refractivity contribution in [2.45, 2.75) is 6.92 Å². The SMILES string of the molecule is CCNc1nnc(C(=O)Nc2ccc(Br)cc2F)s1. The Bertz CT molecular complexity index is 604. The maximum absolute atomic E-state index is 13.6. The van der Waals surface area contributed by atoms with Gasteiger partial charge in [-0.3, -0.25) is 4.79 Å². The molecule has 0 bridgehead atoms. The van der Waals surface area contributed by atoms with E-state index in [0.717, 1.165) is 11.3 Å². The lowest BCUT2D eigenvalue weighted by atomic mass is 10.3. The van der Waals surface area contributed by atoms with Gasteiger partial charge in [-0.2, -0.15) is 0 Å². The molecule has 0 aliphatic rings. The predicted molar refractivity (Wildman–Crippen MR) is 76.1 cm³/mol. The van der Waals surface area contributed by atoms with Crippen molar-refractivity contribution in [2.24, 2.45) is 0 Å². The zero-order chi connectivity index (χ0) is 13.8. The van der Waals surface area contributed by atoms with Crippen LogP contribution in [0.3, 0.4) is 0 Å². The normalized spacial score (nSPS) is 10.3. The van der Waals surface area contributed by atoms with E-state index >= 15 is 0 Å². The third-order valence-electron chi connectivity index (χ3n) is 2.13. The van der Waals surface area contributed by atoms with E-state index < -0.39 is 11.7 Å². The lowest BCUT2D eigenvalue weighted by Gasteiger charge is -2.04. The molecule has 2 aromatic rings. The fourth-order valence-electron chi connectivity index (χ4n) is 1.30. The van der Waals surface area contributed by atoms with E-state index in [2.05, 4.69) is 36.8 Å². The van der Waals surface area contributed by atoms with Crippen LogP contribution in [0.2, 0.25) is 0 Å². The van der Waals surface area contributed by atoms with E-state index in [9.17, 15) is 9.18 Å². The molecule has 0 aliphatic heterocycles. The molecule has 0 radical (unpaired) electrons. The first-order chi connectivity index (χ1) is 9.10. The first kappa shape index (κ1) is 13.9. The van der Waals surface area contributed by atoms with Gasteiger partial charge in [0.2, 0.25) is 10.1 Å². The average molecular weight is 345 g/mol. The molecule has 0 saturated heterocycles. The predicted octanol–water partition coefficient (Wildman–Crippen LogP) is 3.12. The summed E-state index contributed by atoms with van der Waals surface area (Å²) in [7, 11) is 0. The quantitative estimate of drug-likeness (QED) is 0.894.